The number of aryl methyl sites for hydroxylation is 5. The van der Waals surface area contributed by atoms with Crippen molar-refractivity contribution in [1.82, 2.24) is 14.1 Å². The van der Waals surface area contributed by atoms with E-state index in [9.17, 15) is 71.1 Å². The molecule has 0 radical (unpaired) electrons. The molecule has 0 aliphatic carbocycles. The van der Waals surface area contributed by atoms with Crippen LogP contribution in [0.15, 0.2) is 170 Å². The molecule has 0 saturated heterocycles. The van der Waals surface area contributed by atoms with Gasteiger partial charge >= 0.3 is 30.9 Å². The molecule has 89 heavy (non-hydrogen) atoms. The molecule has 0 bridgehead atoms. The number of aromatic nitrogens is 3. The molecule has 0 spiro atoms. The van der Waals surface area contributed by atoms with Crippen molar-refractivity contribution in [3.63, 3.8) is 0 Å². The Labute approximate surface area is 497 Å². The Hall–Kier alpha value is -9.83. The molecule has 0 aliphatic heterocycles. The van der Waals surface area contributed by atoms with Crippen LogP contribution >= 0.6 is 0 Å². The molecular weight excluding hydrogens is 1180 g/mol. The largest absolute Gasteiger partial charge is 0.416 e. The zero-order valence-corrected chi connectivity index (χ0v) is 47.1. The molecule has 0 atom stereocenters. The van der Waals surface area contributed by atoms with Crippen LogP contribution in [0.5, 0.6) is 0 Å². The van der Waals surface area contributed by atoms with E-state index < -0.39 is 64.3 Å². The van der Waals surface area contributed by atoms with Crippen LogP contribution in [0.4, 0.5) is 65.9 Å². The van der Waals surface area contributed by atoms with E-state index in [1.807, 2.05) is 0 Å². The van der Waals surface area contributed by atoms with Gasteiger partial charge in [-0.05, 0) is 234 Å². The van der Waals surface area contributed by atoms with Crippen LogP contribution in [0.1, 0.15) is 61.5 Å². The van der Waals surface area contributed by atoms with Gasteiger partial charge < -0.3 is 9.13 Å². The van der Waals surface area contributed by atoms with Gasteiger partial charge in [0.25, 0.3) is 0 Å². The summed E-state index contributed by atoms with van der Waals surface area (Å²) in [5.41, 5.74) is -0.332. The van der Waals surface area contributed by atoms with Gasteiger partial charge in [0.1, 0.15) is 11.6 Å². The molecule has 448 valence electrons. The standard InChI is InChI=1S/C70H43F15N4/c1-35-14-44(22-50(17-35)66(71,72)73)40-6-10-60-55(27-40)56-28-41(45-15-36(2)18-51(23-45)67(74,75)76)7-11-61(56)88(60)64-31-49(47-20-38(4)87-39(5)21-47)32-65(59(64)34-86)89-62-12-8-42(46-16-37(3)19-52(24-46)68(77,78)79)29-57(62)58-30-43(9-13-63(58)89)48-25-53(69(80,81)82)33-54(26-48)70(83,84)85/h6-33H,1-5H3. The summed E-state index contributed by atoms with van der Waals surface area (Å²) in [5.74, 6) is 0. The predicted octanol–water partition coefficient (Wildman–Crippen LogP) is 22.1. The van der Waals surface area contributed by atoms with Crippen LogP contribution in [0, 0.1) is 45.9 Å². The van der Waals surface area contributed by atoms with Crippen molar-refractivity contribution in [2.75, 3.05) is 0 Å². The maximum Gasteiger partial charge on any atom is 0.416 e. The Morgan fingerprint density at radius 1 is 0.292 bits per heavy atom. The van der Waals surface area contributed by atoms with Gasteiger partial charge in [0.2, 0.25) is 0 Å². The van der Waals surface area contributed by atoms with Gasteiger partial charge in [0.05, 0.1) is 61.3 Å². The minimum absolute atomic E-state index is 0.000383. The van der Waals surface area contributed by atoms with Crippen LogP contribution in [-0.2, 0) is 30.9 Å². The Kier molecular flexibility index (Phi) is 14.0. The van der Waals surface area contributed by atoms with Gasteiger partial charge in [0, 0.05) is 32.9 Å². The van der Waals surface area contributed by atoms with Crippen molar-refractivity contribution in [3.05, 3.63) is 231 Å². The third-order valence-corrected chi connectivity index (χ3v) is 15.8. The van der Waals surface area contributed by atoms with E-state index in [-0.39, 0.29) is 78.2 Å². The fourth-order valence-corrected chi connectivity index (χ4v) is 12.0. The third kappa shape index (κ3) is 11.1. The molecule has 4 nitrogen and oxygen atoms in total. The molecule has 9 aromatic carbocycles. The van der Waals surface area contributed by atoms with Crippen molar-refractivity contribution >= 4 is 43.6 Å². The van der Waals surface area contributed by atoms with Crippen LogP contribution in [-0.4, -0.2) is 14.1 Å². The molecule has 3 aromatic heterocycles. The van der Waals surface area contributed by atoms with Crippen LogP contribution in [0.25, 0.3) is 111 Å². The first-order valence-electron chi connectivity index (χ1n) is 27.3. The highest BCUT2D eigenvalue weighted by atomic mass is 19.4. The Morgan fingerprint density at radius 2 is 0.539 bits per heavy atom. The van der Waals surface area contributed by atoms with Gasteiger partial charge in [-0.3, -0.25) is 4.98 Å². The fraction of sp³-hybridized carbons (Fsp3) is 0.143. The van der Waals surface area contributed by atoms with Crippen molar-refractivity contribution in [2.45, 2.75) is 65.5 Å². The van der Waals surface area contributed by atoms with E-state index in [0.717, 1.165) is 36.4 Å². The molecule has 0 saturated carbocycles. The Bertz CT molecular complexity index is 4790. The Morgan fingerprint density at radius 3 is 0.809 bits per heavy atom. The first kappa shape index (κ1) is 59.5. The summed E-state index contributed by atoms with van der Waals surface area (Å²) in [6.45, 7) is 8.03. The average Bonchev–Trinajstić information content (AvgIpc) is 1.59. The van der Waals surface area contributed by atoms with E-state index in [0.29, 0.717) is 78.7 Å². The fourth-order valence-electron chi connectivity index (χ4n) is 12.0. The summed E-state index contributed by atoms with van der Waals surface area (Å²) in [6, 6.07) is 39.8. The van der Waals surface area contributed by atoms with Gasteiger partial charge in [-0.2, -0.15) is 71.1 Å². The van der Waals surface area contributed by atoms with Crippen LogP contribution in [0.3, 0.4) is 0 Å². The lowest BCUT2D eigenvalue weighted by Crippen LogP contribution is -2.11. The zero-order chi connectivity index (χ0) is 63.8. The number of hydrogen-bond acceptors (Lipinski definition) is 2. The van der Waals surface area contributed by atoms with Gasteiger partial charge in [0.15, 0.2) is 0 Å². The summed E-state index contributed by atoms with van der Waals surface area (Å²) in [6.07, 6.45) is -24.6. The second-order valence-electron chi connectivity index (χ2n) is 22.3. The molecule has 12 aromatic rings. The van der Waals surface area contributed by atoms with Crippen LogP contribution < -0.4 is 0 Å². The molecular formula is C70H43F15N4. The van der Waals surface area contributed by atoms with Crippen molar-refractivity contribution in [2.24, 2.45) is 0 Å². The van der Waals surface area contributed by atoms with Crippen LogP contribution in [0.2, 0.25) is 0 Å². The monoisotopic (exact) mass is 1220 g/mol. The minimum atomic E-state index is -5.21. The smallest absolute Gasteiger partial charge is 0.308 e. The number of fused-ring (bicyclic) bond motifs is 6. The average molecular weight is 1230 g/mol. The lowest BCUT2D eigenvalue weighted by atomic mass is 9.96. The molecule has 0 aliphatic rings. The number of halogens is 15. The normalized spacial score (nSPS) is 12.7. The topological polar surface area (TPSA) is 46.5 Å². The summed E-state index contributed by atoms with van der Waals surface area (Å²) < 4.78 is 219. The molecule has 0 N–H and O–H groups in total. The number of nitriles is 1. The summed E-state index contributed by atoms with van der Waals surface area (Å²) in [4.78, 5) is 4.57. The van der Waals surface area contributed by atoms with Crippen molar-refractivity contribution in [3.8, 4) is 73.1 Å². The first-order valence-corrected chi connectivity index (χ1v) is 27.3. The van der Waals surface area contributed by atoms with Gasteiger partial charge in [-0.1, -0.05) is 42.5 Å². The molecule has 3 heterocycles. The van der Waals surface area contributed by atoms with Crippen molar-refractivity contribution < 1.29 is 65.9 Å². The number of pyridine rings is 1. The van der Waals surface area contributed by atoms with Gasteiger partial charge in [-0.15, -0.1) is 0 Å². The highest BCUT2D eigenvalue weighted by molar-refractivity contribution is 6.14. The molecule has 12 rings (SSSR count). The maximum atomic E-state index is 14.4. The zero-order valence-electron chi connectivity index (χ0n) is 47.1. The quantitative estimate of drug-likeness (QED) is 0.149. The highest BCUT2D eigenvalue weighted by Gasteiger charge is 2.38. The molecule has 0 amide bonds. The first-order chi connectivity index (χ1) is 41.7. The second-order valence-corrected chi connectivity index (χ2v) is 22.3. The molecule has 0 unspecified atom stereocenters. The van der Waals surface area contributed by atoms with E-state index in [1.165, 1.54) is 45.0 Å². The highest BCUT2D eigenvalue weighted by Crippen LogP contribution is 2.47. The van der Waals surface area contributed by atoms with E-state index in [4.69, 9.17) is 0 Å². The van der Waals surface area contributed by atoms with E-state index in [2.05, 4.69) is 11.1 Å². The number of nitrogens with zero attached hydrogens (tertiary/aromatic N) is 4. The second kappa shape index (κ2) is 20.9. The maximum absolute atomic E-state index is 14.4. The lowest BCUT2D eigenvalue weighted by molar-refractivity contribution is -0.143. The number of rotatable bonds is 7. The van der Waals surface area contributed by atoms with Crippen molar-refractivity contribution in [1.29, 1.82) is 5.26 Å². The lowest BCUT2D eigenvalue weighted by Gasteiger charge is -2.19. The molecule has 19 heteroatoms. The summed E-state index contributed by atoms with van der Waals surface area (Å²) in [5, 5.41) is 13.1. The molecule has 0 fully saturated rings. The van der Waals surface area contributed by atoms with E-state index in [1.54, 1.807) is 114 Å². The summed E-state index contributed by atoms with van der Waals surface area (Å²) in [7, 11) is 0. The predicted molar refractivity (Wildman–Crippen MR) is 314 cm³/mol. The summed E-state index contributed by atoms with van der Waals surface area (Å²) >= 11 is 0. The number of benzene rings is 9. The number of alkyl halides is 15. The minimum Gasteiger partial charge on any atom is -0.308 e. The Balaban J connectivity index is 1.19. The SMILES string of the molecule is Cc1cc(-c2ccc3c(c2)c2cc(-c4cc(C)cc(C(F)(F)F)c4)ccc2n3-c2cc(-c3cc(C)nc(C)c3)cc(-n3c4ccc(-c5cc(C)cc(C(F)(F)F)c5)cc4c4cc(-c5cc(C(F)(F)F)cc(C(F)(F)F)c5)ccc43)c2C#N)cc(C(F)(F)F)c1. The van der Waals surface area contributed by atoms with Gasteiger partial charge in [-0.25, -0.2) is 0 Å². The third-order valence-electron chi connectivity index (χ3n) is 15.8. The van der Waals surface area contributed by atoms with E-state index >= 15 is 0 Å². The number of hydrogen-bond donors (Lipinski definition) is 0.